The Bertz CT molecular complexity index is 291. The van der Waals surface area contributed by atoms with Crippen LogP contribution < -0.4 is 0 Å². The number of aliphatic hydroxyl groups excluding tert-OH is 1. The average molecular weight is 180 g/mol. The predicted octanol–water partition coefficient (Wildman–Crippen LogP) is 1.50. The standard InChI is InChI=1S/C10H16N2O/c1-7(8-3-4-8)10(13)9-5-6-11-12(9)2/h5-8,10,13H,3-4H2,1-2H3. The van der Waals surface area contributed by atoms with Crippen LogP contribution in [0.4, 0.5) is 0 Å². The minimum Gasteiger partial charge on any atom is -0.387 e. The lowest BCUT2D eigenvalue weighted by molar-refractivity contribution is 0.0977. The molecule has 1 aliphatic rings. The fraction of sp³-hybridized carbons (Fsp3) is 0.700. The molecule has 13 heavy (non-hydrogen) atoms. The van der Waals surface area contributed by atoms with E-state index in [4.69, 9.17) is 0 Å². The van der Waals surface area contributed by atoms with Gasteiger partial charge in [-0.1, -0.05) is 6.92 Å². The average Bonchev–Trinajstić information content (AvgIpc) is 2.87. The van der Waals surface area contributed by atoms with Crippen molar-refractivity contribution in [3.8, 4) is 0 Å². The summed E-state index contributed by atoms with van der Waals surface area (Å²) < 4.78 is 1.75. The van der Waals surface area contributed by atoms with Gasteiger partial charge >= 0.3 is 0 Å². The number of rotatable bonds is 3. The highest BCUT2D eigenvalue weighted by atomic mass is 16.3. The molecule has 1 fully saturated rings. The van der Waals surface area contributed by atoms with E-state index in [1.54, 1.807) is 10.9 Å². The molecule has 0 amide bonds. The number of aromatic nitrogens is 2. The summed E-state index contributed by atoms with van der Waals surface area (Å²) >= 11 is 0. The van der Waals surface area contributed by atoms with Crippen LogP contribution in [-0.4, -0.2) is 14.9 Å². The monoisotopic (exact) mass is 180 g/mol. The van der Waals surface area contributed by atoms with Gasteiger partial charge in [0.15, 0.2) is 0 Å². The lowest BCUT2D eigenvalue weighted by Crippen LogP contribution is -2.14. The molecular weight excluding hydrogens is 164 g/mol. The number of aliphatic hydroxyl groups is 1. The maximum Gasteiger partial charge on any atom is 0.0984 e. The topological polar surface area (TPSA) is 38.1 Å². The molecule has 0 bridgehead atoms. The van der Waals surface area contributed by atoms with Crippen molar-refractivity contribution < 1.29 is 5.11 Å². The molecule has 1 aliphatic carbocycles. The van der Waals surface area contributed by atoms with Crippen LogP contribution in [0, 0.1) is 11.8 Å². The number of hydrogen-bond acceptors (Lipinski definition) is 2. The Morgan fingerprint density at radius 3 is 2.77 bits per heavy atom. The van der Waals surface area contributed by atoms with Gasteiger partial charge in [-0.05, 0) is 30.7 Å². The zero-order valence-electron chi connectivity index (χ0n) is 8.14. The highest BCUT2D eigenvalue weighted by Gasteiger charge is 2.33. The fourth-order valence-corrected chi connectivity index (χ4v) is 1.82. The largest absolute Gasteiger partial charge is 0.387 e. The first kappa shape index (κ1) is 8.75. The second-order valence-electron chi connectivity index (χ2n) is 4.02. The van der Waals surface area contributed by atoms with Crippen molar-refractivity contribution in [3.63, 3.8) is 0 Å². The summed E-state index contributed by atoms with van der Waals surface area (Å²) in [5.74, 6) is 1.10. The molecule has 0 spiro atoms. The number of aryl methyl sites for hydroxylation is 1. The van der Waals surface area contributed by atoms with Crippen molar-refractivity contribution in [2.75, 3.05) is 0 Å². The number of nitrogens with zero attached hydrogens (tertiary/aromatic N) is 2. The lowest BCUT2D eigenvalue weighted by Gasteiger charge is -2.18. The van der Waals surface area contributed by atoms with E-state index >= 15 is 0 Å². The molecule has 3 nitrogen and oxygen atoms in total. The molecule has 1 aromatic rings. The Morgan fingerprint density at radius 2 is 2.31 bits per heavy atom. The number of hydrogen-bond donors (Lipinski definition) is 1. The summed E-state index contributed by atoms with van der Waals surface area (Å²) in [6.45, 7) is 2.12. The van der Waals surface area contributed by atoms with Gasteiger partial charge in [0.05, 0.1) is 11.8 Å². The second kappa shape index (κ2) is 3.14. The minimum atomic E-state index is -0.347. The smallest absolute Gasteiger partial charge is 0.0984 e. The third-order valence-corrected chi connectivity index (χ3v) is 3.03. The Balaban J connectivity index is 2.11. The quantitative estimate of drug-likeness (QED) is 0.765. The van der Waals surface area contributed by atoms with E-state index < -0.39 is 0 Å². The molecule has 1 heterocycles. The van der Waals surface area contributed by atoms with Crippen LogP contribution in [0.15, 0.2) is 12.3 Å². The molecule has 3 heteroatoms. The Labute approximate surface area is 78.4 Å². The van der Waals surface area contributed by atoms with Gasteiger partial charge in [-0.3, -0.25) is 4.68 Å². The van der Waals surface area contributed by atoms with Gasteiger partial charge in [-0.2, -0.15) is 5.10 Å². The van der Waals surface area contributed by atoms with E-state index in [1.807, 2.05) is 13.1 Å². The lowest BCUT2D eigenvalue weighted by atomic mass is 9.97. The van der Waals surface area contributed by atoms with Gasteiger partial charge in [0.2, 0.25) is 0 Å². The van der Waals surface area contributed by atoms with Crippen LogP contribution in [0.1, 0.15) is 31.6 Å². The van der Waals surface area contributed by atoms with Gasteiger partial charge in [0.25, 0.3) is 0 Å². The van der Waals surface area contributed by atoms with Gasteiger partial charge in [-0.15, -0.1) is 0 Å². The highest BCUT2D eigenvalue weighted by Crippen LogP contribution is 2.42. The van der Waals surface area contributed by atoms with Crippen LogP contribution in [0.3, 0.4) is 0 Å². The Kier molecular flexibility index (Phi) is 2.12. The highest BCUT2D eigenvalue weighted by molar-refractivity contribution is 5.06. The van der Waals surface area contributed by atoms with E-state index in [-0.39, 0.29) is 6.10 Å². The normalized spacial score (nSPS) is 21.5. The molecule has 72 valence electrons. The Hall–Kier alpha value is -0.830. The van der Waals surface area contributed by atoms with Crippen molar-refractivity contribution >= 4 is 0 Å². The van der Waals surface area contributed by atoms with Crippen molar-refractivity contribution in [1.82, 2.24) is 9.78 Å². The van der Waals surface area contributed by atoms with E-state index in [1.165, 1.54) is 12.8 Å². The summed E-state index contributed by atoms with van der Waals surface area (Å²) in [6.07, 6.45) is 3.93. The van der Waals surface area contributed by atoms with Crippen molar-refractivity contribution in [1.29, 1.82) is 0 Å². The third kappa shape index (κ3) is 1.61. The Morgan fingerprint density at radius 1 is 1.62 bits per heavy atom. The van der Waals surface area contributed by atoms with Gasteiger partial charge in [-0.25, -0.2) is 0 Å². The van der Waals surface area contributed by atoms with Crippen LogP contribution in [0.2, 0.25) is 0 Å². The summed E-state index contributed by atoms with van der Waals surface area (Å²) in [5, 5.41) is 14.1. The zero-order chi connectivity index (χ0) is 9.42. The summed E-state index contributed by atoms with van der Waals surface area (Å²) in [7, 11) is 1.87. The van der Waals surface area contributed by atoms with Crippen LogP contribution in [0.5, 0.6) is 0 Å². The molecule has 0 aliphatic heterocycles. The molecular formula is C10H16N2O. The summed E-state index contributed by atoms with van der Waals surface area (Å²) in [6, 6.07) is 1.89. The summed E-state index contributed by atoms with van der Waals surface area (Å²) in [4.78, 5) is 0. The molecule has 2 unspecified atom stereocenters. The van der Waals surface area contributed by atoms with Crippen molar-refractivity contribution in [3.05, 3.63) is 18.0 Å². The molecule has 2 atom stereocenters. The molecule has 1 N–H and O–H groups in total. The third-order valence-electron chi connectivity index (χ3n) is 3.03. The van der Waals surface area contributed by atoms with E-state index in [2.05, 4.69) is 12.0 Å². The van der Waals surface area contributed by atoms with E-state index in [0.717, 1.165) is 11.6 Å². The van der Waals surface area contributed by atoms with Crippen LogP contribution in [-0.2, 0) is 7.05 Å². The first-order chi connectivity index (χ1) is 6.20. The molecule has 1 saturated carbocycles. The molecule has 1 aromatic heterocycles. The van der Waals surface area contributed by atoms with E-state index in [9.17, 15) is 5.11 Å². The first-order valence-corrected chi connectivity index (χ1v) is 4.86. The maximum absolute atomic E-state index is 10.0. The molecule has 0 radical (unpaired) electrons. The van der Waals surface area contributed by atoms with Gasteiger partial charge in [0, 0.05) is 13.2 Å². The summed E-state index contributed by atoms with van der Waals surface area (Å²) in [5.41, 5.74) is 0.930. The molecule has 0 aromatic carbocycles. The van der Waals surface area contributed by atoms with Crippen LogP contribution >= 0.6 is 0 Å². The molecule has 0 saturated heterocycles. The van der Waals surface area contributed by atoms with Crippen LogP contribution in [0.25, 0.3) is 0 Å². The minimum absolute atomic E-state index is 0.347. The van der Waals surface area contributed by atoms with Crippen molar-refractivity contribution in [2.45, 2.75) is 25.9 Å². The first-order valence-electron chi connectivity index (χ1n) is 4.86. The predicted molar refractivity (Wildman–Crippen MR) is 50.1 cm³/mol. The zero-order valence-corrected chi connectivity index (χ0v) is 8.14. The molecule has 2 rings (SSSR count). The van der Waals surface area contributed by atoms with Gasteiger partial charge in [0.1, 0.15) is 0 Å². The van der Waals surface area contributed by atoms with E-state index in [0.29, 0.717) is 5.92 Å². The van der Waals surface area contributed by atoms with Gasteiger partial charge < -0.3 is 5.11 Å². The second-order valence-corrected chi connectivity index (χ2v) is 4.02. The SMILES string of the molecule is CC(C1CC1)C(O)c1ccnn1C. The van der Waals surface area contributed by atoms with Crippen molar-refractivity contribution in [2.24, 2.45) is 18.9 Å². The maximum atomic E-state index is 10.0. The fourth-order valence-electron chi connectivity index (χ4n) is 1.82.